The predicted octanol–water partition coefficient (Wildman–Crippen LogP) is 1.17. The number of unbranched alkanes of at least 4 members (excludes halogenated alkanes) is 2. The van der Waals surface area contributed by atoms with Crippen LogP contribution < -0.4 is 0 Å². The zero-order chi connectivity index (χ0) is 7.33. The monoisotopic (exact) mass is 151 g/mol. The van der Waals surface area contributed by atoms with Crippen molar-refractivity contribution in [3.05, 3.63) is 6.42 Å². The van der Waals surface area contributed by atoms with E-state index in [-0.39, 0.29) is 6.16 Å². The van der Waals surface area contributed by atoms with Crippen molar-refractivity contribution >= 4 is 7.60 Å². The van der Waals surface area contributed by atoms with E-state index in [1.807, 2.05) is 13.3 Å². The van der Waals surface area contributed by atoms with Crippen molar-refractivity contribution in [2.75, 3.05) is 6.16 Å². The highest BCUT2D eigenvalue weighted by atomic mass is 31.2. The largest absolute Gasteiger partial charge is 0.325 e. The molecule has 4 heteroatoms. The van der Waals surface area contributed by atoms with Crippen LogP contribution in [0.1, 0.15) is 19.8 Å². The van der Waals surface area contributed by atoms with E-state index in [9.17, 15) is 4.57 Å². The smallest absolute Gasteiger partial charge is 0.324 e. The van der Waals surface area contributed by atoms with E-state index in [2.05, 4.69) is 0 Å². The van der Waals surface area contributed by atoms with E-state index in [1.165, 1.54) is 0 Å². The van der Waals surface area contributed by atoms with Crippen molar-refractivity contribution in [1.29, 1.82) is 0 Å². The van der Waals surface area contributed by atoms with Gasteiger partial charge in [-0.1, -0.05) is 13.3 Å². The maximum absolute atomic E-state index is 10.2. The van der Waals surface area contributed by atoms with E-state index in [0.29, 0.717) is 6.42 Å². The van der Waals surface area contributed by atoms with Crippen molar-refractivity contribution in [3.63, 3.8) is 0 Å². The Morgan fingerprint density at radius 3 is 2.44 bits per heavy atom. The van der Waals surface area contributed by atoms with E-state index in [0.717, 1.165) is 6.42 Å². The zero-order valence-electron chi connectivity index (χ0n) is 5.45. The summed E-state index contributed by atoms with van der Waals surface area (Å²) in [6.45, 7) is 1.94. The maximum Gasteiger partial charge on any atom is 0.325 e. The van der Waals surface area contributed by atoms with Gasteiger partial charge in [-0.25, -0.2) is 0 Å². The van der Waals surface area contributed by atoms with Crippen molar-refractivity contribution in [2.45, 2.75) is 19.8 Å². The third kappa shape index (κ3) is 8.15. The van der Waals surface area contributed by atoms with Crippen LogP contribution in [0.25, 0.3) is 0 Å². The zero-order valence-corrected chi connectivity index (χ0v) is 6.34. The molecule has 0 saturated heterocycles. The van der Waals surface area contributed by atoms with Crippen molar-refractivity contribution < 1.29 is 14.4 Å². The Kier molecular flexibility index (Phi) is 4.11. The van der Waals surface area contributed by atoms with Crippen molar-refractivity contribution in [3.8, 4) is 0 Å². The molecule has 0 aliphatic carbocycles. The molecule has 55 valence electrons. The third-order valence-electron chi connectivity index (χ3n) is 0.913. The molecule has 0 aliphatic rings. The Morgan fingerprint density at radius 1 is 1.56 bits per heavy atom. The lowest BCUT2D eigenvalue weighted by atomic mass is 10.3. The molecule has 0 bridgehead atoms. The fraction of sp³-hybridized carbons (Fsp3) is 0.800. The minimum Gasteiger partial charge on any atom is -0.324 e. The first kappa shape index (κ1) is 9.15. The van der Waals surface area contributed by atoms with Gasteiger partial charge in [0.15, 0.2) is 0 Å². The topological polar surface area (TPSA) is 57.5 Å². The lowest BCUT2D eigenvalue weighted by molar-refractivity contribution is 0.372. The van der Waals surface area contributed by atoms with Crippen LogP contribution in [0, 0.1) is 6.42 Å². The molecular weight excluding hydrogens is 139 g/mol. The highest BCUT2D eigenvalue weighted by Gasteiger charge is 2.10. The summed E-state index contributed by atoms with van der Waals surface area (Å²) in [6, 6.07) is 0. The maximum atomic E-state index is 10.2. The Bertz CT molecular complexity index is 107. The lowest BCUT2D eigenvalue weighted by Gasteiger charge is -2.00. The molecule has 0 unspecified atom stereocenters. The second kappa shape index (κ2) is 4.04. The predicted molar refractivity (Wildman–Crippen MR) is 36.1 cm³/mol. The molecule has 3 nitrogen and oxygen atoms in total. The second-order valence-electron chi connectivity index (χ2n) is 1.87. The quantitative estimate of drug-likeness (QED) is 0.468. The molecule has 2 N–H and O–H groups in total. The third-order valence-corrected chi connectivity index (χ3v) is 1.75. The molecule has 0 atom stereocenters. The van der Waals surface area contributed by atoms with Crippen LogP contribution in [0.2, 0.25) is 0 Å². The van der Waals surface area contributed by atoms with Crippen LogP contribution in [0.15, 0.2) is 0 Å². The Morgan fingerprint density at radius 2 is 2.11 bits per heavy atom. The molecule has 0 aromatic rings. The fourth-order valence-corrected chi connectivity index (χ4v) is 0.983. The first-order chi connectivity index (χ1) is 4.06. The SMILES string of the molecule is CC[CH]CCP(=O)(O)O. The number of hydrogen-bond donors (Lipinski definition) is 2. The van der Waals surface area contributed by atoms with Gasteiger partial charge in [-0.05, 0) is 12.8 Å². The second-order valence-corrected chi connectivity index (χ2v) is 3.65. The van der Waals surface area contributed by atoms with Gasteiger partial charge in [0.05, 0.1) is 6.16 Å². The minimum absolute atomic E-state index is 0.0131. The Balaban J connectivity index is 3.18. The van der Waals surface area contributed by atoms with Crippen LogP contribution >= 0.6 is 7.60 Å². The van der Waals surface area contributed by atoms with E-state index >= 15 is 0 Å². The van der Waals surface area contributed by atoms with Crippen LogP contribution in [0.3, 0.4) is 0 Å². The average molecular weight is 151 g/mol. The first-order valence-electron chi connectivity index (χ1n) is 2.92. The van der Waals surface area contributed by atoms with Gasteiger partial charge in [0, 0.05) is 0 Å². The summed E-state index contributed by atoms with van der Waals surface area (Å²) in [5, 5.41) is 0. The van der Waals surface area contributed by atoms with Crippen LogP contribution in [0.5, 0.6) is 0 Å². The van der Waals surface area contributed by atoms with Gasteiger partial charge in [-0.2, -0.15) is 0 Å². The van der Waals surface area contributed by atoms with Gasteiger partial charge in [-0.3, -0.25) is 4.57 Å². The van der Waals surface area contributed by atoms with Crippen LogP contribution in [-0.4, -0.2) is 15.9 Å². The highest BCUT2D eigenvalue weighted by Crippen LogP contribution is 2.35. The molecule has 0 saturated carbocycles. The molecule has 0 fully saturated rings. The molecule has 0 rings (SSSR count). The van der Waals surface area contributed by atoms with Crippen LogP contribution in [-0.2, 0) is 4.57 Å². The molecule has 0 amide bonds. The average Bonchev–Trinajstić information content (AvgIpc) is 1.63. The molecule has 0 heterocycles. The molecule has 0 aliphatic heterocycles. The molecular formula is C5H12O3P. The summed E-state index contributed by atoms with van der Waals surface area (Å²) in [5.41, 5.74) is 0. The fourth-order valence-electron chi connectivity index (χ4n) is 0.464. The molecule has 0 aromatic heterocycles. The highest BCUT2D eigenvalue weighted by molar-refractivity contribution is 7.51. The van der Waals surface area contributed by atoms with Gasteiger partial charge in [0.25, 0.3) is 0 Å². The van der Waals surface area contributed by atoms with Gasteiger partial charge in [-0.15, -0.1) is 0 Å². The summed E-state index contributed by atoms with van der Waals surface area (Å²) in [7, 11) is -3.73. The standard InChI is InChI=1S/C5H12O3P/c1-2-3-4-5-9(6,7)8/h3H,2,4-5H2,1H3,(H2,6,7,8). The van der Waals surface area contributed by atoms with Gasteiger partial charge in [0.1, 0.15) is 0 Å². The molecule has 0 spiro atoms. The van der Waals surface area contributed by atoms with Gasteiger partial charge < -0.3 is 9.79 Å². The van der Waals surface area contributed by atoms with Gasteiger partial charge in [0.2, 0.25) is 0 Å². The van der Waals surface area contributed by atoms with Crippen molar-refractivity contribution in [2.24, 2.45) is 0 Å². The van der Waals surface area contributed by atoms with E-state index in [1.54, 1.807) is 0 Å². The molecule has 0 aromatic carbocycles. The van der Waals surface area contributed by atoms with Crippen molar-refractivity contribution in [1.82, 2.24) is 0 Å². The summed E-state index contributed by atoms with van der Waals surface area (Å²) in [6.07, 6.45) is 3.24. The summed E-state index contributed by atoms with van der Waals surface area (Å²) in [4.78, 5) is 16.7. The Hall–Kier alpha value is 0.150. The van der Waals surface area contributed by atoms with Crippen LogP contribution in [0.4, 0.5) is 0 Å². The number of rotatable bonds is 4. The lowest BCUT2D eigenvalue weighted by Crippen LogP contribution is -1.87. The minimum atomic E-state index is -3.73. The van der Waals surface area contributed by atoms with E-state index < -0.39 is 7.60 Å². The molecule has 9 heavy (non-hydrogen) atoms. The summed E-state index contributed by atoms with van der Waals surface area (Å²) < 4.78 is 10.2. The first-order valence-corrected chi connectivity index (χ1v) is 4.72. The van der Waals surface area contributed by atoms with E-state index in [4.69, 9.17) is 9.79 Å². The summed E-state index contributed by atoms with van der Waals surface area (Å²) >= 11 is 0. The summed E-state index contributed by atoms with van der Waals surface area (Å²) in [5.74, 6) is 0. The normalized spacial score (nSPS) is 11.9. The molecule has 1 radical (unpaired) electrons. The Labute approximate surface area is 55.3 Å². The van der Waals surface area contributed by atoms with Gasteiger partial charge >= 0.3 is 7.60 Å². The number of hydrogen-bond acceptors (Lipinski definition) is 1.